The molecule has 22 heavy (non-hydrogen) atoms. The summed E-state index contributed by atoms with van der Waals surface area (Å²) >= 11 is 6.03. The fraction of sp³-hybridized carbons (Fsp3) is 0.500. The minimum Gasteiger partial charge on any atom is -0.495 e. The molecule has 0 unspecified atom stereocenters. The number of likely N-dealkylation sites (tertiary alicyclic amines) is 1. The third-order valence-electron chi connectivity index (χ3n) is 3.99. The van der Waals surface area contributed by atoms with Gasteiger partial charge < -0.3 is 15.0 Å². The van der Waals surface area contributed by atoms with Crippen LogP contribution in [0, 0.1) is 12.8 Å². The number of nitrogens with zero attached hydrogens (tertiary/aromatic N) is 1. The fourth-order valence-electron chi connectivity index (χ4n) is 2.46. The van der Waals surface area contributed by atoms with E-state index in [9.17, 15) is 9.59 Å². The zero-order valence-electron chi connectivity index (χ0n) is 13.1. The molecule has 1 fully saturated rings. The molecule has 1 aromatic rings. The van der Waals surface area contributed by atoms with Gasteiger partial charge in [0.15, 0.2) is 0 Å². The summed E-state index contributed by atoms with van der Waals surface area (Å²) in [7, 11) is 1.49. The first kappa shape index (κ1) is 16.6. The zero-order valence-corrected chi connectivity index (χ0v) is 13.9. The van der Waals surface area contributed by atoms with Gasteiger partial charge in [-0.05, 0) is 37.3 Å². The summed E-state index contributed by atoms with van der Waals surface area (Å²) in [5.74, 6) is -0.105. The van der Waals surface area contributed by atoms with E-state index in [4.69, 9.17) is 16.3 Å². The maximum Gasteiger partial charge on any atom is 0.314 e. The third-order valence-corrected chi connectivity index (χ3v) is 4.40. The second-order valence-corrected chi connectivity index (χ2v) is 6.14. The maximum absolute atomic E-state index is 12.2. The van der Waals surface area contributed by atoms with Crippen molar-refractivity contribution in [2.24, 2.45) is 5.92 Å². The molecule has 0 atom stereocenters. The number of carbonyl (C=O) groups excluding carboxylic acids is 2. The molecule has 120 valence electrons. The largest absolute Gasteiger partial charge is 0.495 e. The number of aryl methyl sites for hydroxylation is 1. The van der Waals surface area contributed by atoms with Crippen LogP contribution in [-0.4, -0.2) is 36.9 Å². The number of carbonyl (C=O) groups is 2. The van der Waals surface area contributed by atoms with Gasteiger partial charge in [0.25, 0.3) is 0 Å². The molecule has 1 aromatic carbocycles. The lowest BCUT2D eigenvalue weighted by atomic mass is 9.99. The first-order chi connectivity index (χ1) is 10.4. The highest BCUT2D eigenvalue weighted by Crippen LogP contribution is 2.31. The van der Waals surface area contributed by atoms with Gasteiger partial charge in [0.05, 0.1) is 12.8 Å². The molecular formula is C16H21ClN2O3. The number of hydrogen-bond donors (Lipinski definition) is 1. The summed E-state index contributed by atoms with van der Waals surface area (Å²) in [5.41, 5.74) is 1.25. The molecular weight excluding hydrogens is 304 g/mol. The Morgan fingerprint density at radius 1 is 1.32 bits per heavy atom. The summed E-state index contributed by atoms with van der Waals surface area (Å²) in [5, 5.41) is 3.17. The van der Waals surface area contributed by atoms with Gasteiger partial charge in [-0.3, -0.25) is 9.59 Å². The topological polar surface area (TPSA) is 58.6 Å². The highest BCUT2D eigenvalue weighted by Gasteiger charge is 2.26. The van der Waals surface area contributed by atoms with Gasteiger partial charge in [0.1, 0.15) is 5.75 Å². The standard InChI is InChI=1S/C16H21ClN2O3/c1-10-4-6-19(7-5-10)16(21)15(20)18-13-8-11(2)12(17)9-14(13)22-3/h8-10H,4-7H2,1-3H3,(H,18,20). The van der Waals surface area contributed by atoms with E-state index in [0.717, 1.165) is 18.4 Å². The van der Waals surface area contributed by atoms with Crippen LogP contribution in [0.15, 0.2) is 12.1 Å². The summed E-state index contributed by atoms with van der Waals surface area (Å²) in [6.45, 7) is 5.24. The van der Waals surface area contributed by atoms with E-state index in [1.165, 1.54) is 7.11 Å². The second kappa shape index (κ2) is 7.01. The van der Waals surface area contributed by atoms with Gasteiger partial charge >= 0.3 is 11.8 Å². The molecule has 2 amide bonds. The van der Waals surface area contributed by atoms with Crippen LogP contribution < -0.4 is 10.1 Å². The molecule has 6 heteroatoms. The Morgan fingerprint density at radius 3 is 2.55 bits per heavy atom. The first-order valence-electron chi connectivity index (χ1n) is 7.36. The molecule has 0 saturated carbocycles. The fourth-order valence-corrected chi connectivity index (χ4v) is 2.61. The van der Waals surface area contributed by atoms with Gasteiger partial charge in [-0.1, -0.05) is 18.5 Å². The Labute approximate surface area is 135 Å². The van der Waals surface area contributed by atoms with Crippen molar-refractivity contribution in [2.45, 2.75) is 26.7 Å². The number of piperidine rings is 1. The van der Waals surface area contributed by atoms with Crippen molar-refractivity contribution < 1.29 is 14.3 Å². The van der Waals surface area contributed by atoms with Crippen molar-refractivity contribution >= 4 is 29.1 Å². The maximum atomic E-state index is 12.2. The van der Waals surface area contributed by atoms with Gasteiger partial charge in [-0.15, -0.1) is 0 Å². The molecule has 5 nitrogen and oxygen atoms in total. The quantitative estimate of drug-likeness (QED) is 0.851. The lowest BCUT2D eigenvalue weighted by Gasteiger charge is -2.29. The molecule has 1 heterocycles. The Balaban J connectivity index is 2.08. The average Bonchev–Trinajstić information content (AvgIpc) is 2.50. The van der Waals surface area contributed by atoms with E-state index in [2.05, 4.69) is 12.2 Å². The van der Waals surface area contributed by atoms with Crippen LogP contribution >= 0.6 is 11.6 Å². The van der Waals surface area contributed by atoms with Gasteiger partial charge in [0, 0.05) is 24.2 Å². The van der Waals surface area contributed by atoms with Crippen molar-refractivity contribution in [3.05, 3.63) is 22.7 Å². The van der Waals surface area contributed by atoms with E-state index < -0.39 is 11.8 Å². The Bertz CT molecular complexity index is 581. The van der Waals surface area contributed by atoms with Crippen molar-refractivity contribution in [2.75, 3.05) is 25.5 Å². The van der Waals surface area contributed by atoms with Gasteiger partial charge in [-0.25, -0.2) is 0 Å². The molecule has 1 aliphatic heterocycles. The predicted molar refractivity (Wildman–Crippen MR) is 86.3 cm³/mol. The number of halogens is 1. The molecule has 0 aliphatic carbocycles. The summed E-state index contributed by atoms with van der Waals surface area (Å²) < 4.78 is 5.20. The lowest BCUT2D eigenvalue weighted by Crippen LogP contribution is -2.43. The number of rotatable bonds is 2. The molecule has 1 aliphatic rings. The Hall–Kier alpha value is -1.75. The smallest absolute Gasteiger partial charge is 0.314 e. The van der Waals surface area contributed by atoms with E-state index >= 15 is 0 Å². The number of ether oxygens (including phenoxy) is 1. The summed E-state index contributed by atoms with van der Waals surface area (Å²) in [6.07, 6.45) is 1.87. The number of amides is 2. The number of benzene rings is 1. The predicted octanol–water partition coefficient (Wildman–Crippen LogP) is 2.85. The highest BCUT2D eigenvalue weighted by atomic mass is 35.5. The van der Waals surface area contributed by atoms with Crippen LogP contribution in [0.3, 0.4) is 0 Å². The van der Waals surface area contributed by atoms with Gasteiger partial charge in [0.2, 0.25) is 0 Å². The SMILES string of the molecule is COc1cc(Cl)c(C)cc1NC(=O)C(=O)N1CCC(C)CC1. The monoisotopic (exact) mass is 324 g/mol. The minimum absolute atomic E-state index is 0.434. The van der Waals surface area contributed by atoms with Gasteiger partial charge in [-0.2, -0.15) is 0 Å². The van der Waals surface area contributed by atoms with E-state index in [1.807, 2.05) is 6.92 Å². The number of hydrogen-bond acceptors (Lipinski definition) is 3. The number of nitrogens with one attached hydrogen (secondary N) is 1. The average molecular weight is 325 g/mol. The highest BCUT2D eigenvalue weighted by molar-refractivity contribution is 6.39. The molecule has 1 N–H and O–H groups in total. The number of methoxy groups -OCH3 is 1. The minimum atomic E-state index is -0.644. The second-order valence-electron chi connectivity index (χ2n) is 5.73. The van der Waals surface area contributed by atoms with E-state index in [1.54, 1.807) is 17.0 Å². The Kier molecular flexibility index (Phi) is 5.29. The Morgan fingerprint density at radius 2 is 1.95 bits per heavy atom. The van der Waals surface area contributed by atoms with Crippen LogP contribution in [-0.2, 0) is 9.59 Å². The van der Waals surface area contributed by atoms with Crippen molar-refractivity contribution in [3.63, 3.8) is 0 Å². The molecule has 1 saturated heterocycles. The molecule has 0 spiro atoms. The first-order valence-corrected chi connectivity index (χ1v) is 7.74. The normalized spacial score (nSPS) is 15.5. The summed E-state index contributed by atoms with van der Waals surface area (Å²) in [6, 6.07) is 3.32. The number of anilines is 1. The van der Waals surface area contributed by atoms with Crippen molar-refractivity contribution in [1.82, 2.24) is 4.90 Å². The van der Waals surface area contributed by atoms with E-state index in [-0.39, 0.29) is 0 Å². The van der Waals surface area contributed by atoms with Crippen LogP contribution in [0.1, 0.15) is 25.3 Å². The van der Waals surface area contributed by atoms with Crippen molar-refractivity contribution in [1.29, 1.82) is 0 Å². The molecule has 2 rings (SSSR count). The van der Waals surface area contributed by atoms with E-state index in [0.29, 0.717) is 35.5 Å². The van der Waals surface area contributed by atoms with Crippen LogP contribution in [0.4, 0.5) is 5.69 Å². The zero-order chi connectivity index (χ0) is 16.3. The third kappa shape index (κ3) is 3.71. The lowest BCUT2D eigenvalue weighted by molar-refractivity contribution is -0.144. The van der Waals surface area contributed by atoms with Crippen molar-refractivity contribution in [3.8, 4) is 5.75 Å². The van der Waals surface area contributed by atoms with Crippen LogP contribution in [0.2, 0.25) is 5.02 Å². The molecule has 0 radical (unpaired) electrons. The summed E-state index contributed by atoms with van der Waals surface area (Å²) in [4.78, 5) is 26.0. The molecule has 0 aromatic heterocycles. The molecule has 0 bridgehead atoms. The van der Waals surface area contributed by atoms with Crippen LogP contribution in [0.25, 0.3) is 0 Å². The van der Waals surface area contributed by atoms with Crippen LogP contribution in [0.5, 0.6) is 5.75 Å².